The molecule has 1 N–H and O–H groups in total. The van der Waals surface area contributed by atoms with Crippen LogP contribution in [0.25, 0.3) is 0 Å². The number of hydrogen-bond acceptors (Lipinski definition) is 6. The summed E-state index contributed by atoms with van der Waals surface area (Å²) in [4.78, 5) is 13.4. The Bertz CT molecular complexity index is 410. The monoisotopic (exact) mass is 271 g/mol. The van der Waals surface area contributed by atoms with Crippen LogP contribution in [0.4, 0.5) is 5.00 Å². The van der Waals surface area contributed by atoms with E-state index in [1.54, 1.807) is 12.1 Å². The standard InChI is InChI=1S/C11H17N3O3S/c1-13-4-5-17-9(8-13)6-12-7-10-2-3-11(18-10)14(15)16/h2-3,9,12H,4-8H2,1H3. The number of nitro groups is 1. The molecule has 100 valence electrons. The van der Waals surface area contributed by atoms with Crippen molar-refractivity contribution < 1.29 is 9.66 Å². The Morgan fingerprint density at radius 2 is 2.50 bits per heavy atom. The topological polar surface area (TPSA) is 67.6 Å². The Morgan fingerprint density at radius 1 is 1.67 bits per heavy atom. The minimum absolute atomic E-state index is 0.195. The quantitative estimate of drug-likeness (QED) is 0.641. The molecule has 2 heterocycles. The highest BCUT2D eigenvalue weighted by Crippen LogP contribution is 2.23. The Morgan fingerprint density at radius 3 is 3.17 bits per heavy atom. The highest BCUT2D eigenvalue weighted by Gasteiger charge is 2.17. The molecule has 0 radical (unpaired) electrons. The molecule has 1 aromatic heterocycles. The first-order chi connectivity index (χ1) is 8.65. The van der Waals surface area contributed by atoms with Gasteiger partial charge in [0.1, 0.15) is 0 Å². The number of morpholine rings is 1. The van der Waals surface area contributed by atoms with Gasteiger partial charge in [-0.15, -0.1) is 0 Å². The number of hydrogen-bond donors (Lipinski definition) is 1. The van der Waals surface area contributed by atoms with Gasteiger partial charge in [0.2, 0.25) is 0 Å². The maximum absolute atomic E-state index is 10.5. The molecule has 0 bridgehead atoms. The highest BCUT2D eigenvalue weighted by molar-refractivity contribution is 7.15. The van der Waals surface area contributed by atoms with Gasteiger partial charge in [-0.1, -0.05) is 11.3 Å². The Labute approximate surface area is 110 Å². The second-order valence-electron chi connectivity index (χ2n) is 4.38. The second-order valence-corrected chi connectivity index (χ2v) is 5.53. The Hall–Kier alpha value is -1.02. The first-order valence-corrected chi connectivity index (χ1v) is 6.71. The van der Waals surface area contributed by atoms with Crippen LogP contribution in [0.5, 0.6) is 0 Å². The Kier molecular flexibility index (Phi) is 4.65. The SMILES string of the molecule is CN1CCOC(CNCc2ccc([N+](=O)[O-])s2)C1. The molecular weight excluding hydrogens is 254 g/mol. The molecule has 0 aliphatic carbocycles. The molecule has 1 atom stereocenters. The predicted octanol–water partition coefficient (Wildman–Crippen LogP) is 1.08. The first kappa shape index (κ1) is 13.4. The lowest BCUT2D eigenvalue weighted by atomic mass is 10.3. The summed E-state index contributed by atoms with van der Waals surface area (Å²) in [5.41, 5.74) is 0. The maximum Gasteiger partial charge on any atom is 0.324 e. The van der Waals surface area contributed by atoms with Crippen molar-refractivity contribution in [3.05, 3.63) is 27.1 Å². The largest absolute Gasteiger partial charge is 0.374 e. The highest BCUT2D eigenvalue weighted by atomic mass is 32.1. The maximum atomic E-state index is 10.5. The zero-order chi connectivity index (χ0) is 13.0. The smallest absolute Gasteiger partial charge is 0.324 e. The molecule has 1 aromatic rings. The molecule has 2 rings (SSSR count). The average Bonchev–Trinajstić information content (AvgIpc) is 2.78. The molecule has 1 saturated heterocycles. The van der Waals surface area contributed by atoms with Crippen LogP contribution in [0.2, 0.25) is 0 Å². The molecule has 1 unspecified atom stereocenters. The number of rotatable bonds is 5. The molecule has 0 spiro atoms. The van der Waals surface area contributed by atoms with Crippen LogP contribution >= 0.6 is 11.3 Å². The number of ether oxygens (including phenoxy) is 1. The fraction of sp³-hybridized carbons (Fsp3) is 0.636. The number of thiophene rings is 1. The molecule has 6 nitrogen and oxygen atoms in total. The summed E-state index contributed by atoms with van der Waals surface area (Å²) in [7, 11) is 2.08. The molecular formula is C11H17N3O3S. The lowest BCUT2D eigenvalue weighted by molar-refractivity contribution is -0.380. The van der Waals surface area contributed by atoms with Crippen molar-refractivity contribution in [1.29, 1.82) is 0 Å². The third-order valence-electron chi connectivity index (χ3n) is 2.84. The van der Waals surface area contributed by atoms with E-state index in [0.717, 1.165) is 31.1 Å². The molecule has 1 aliphatic heterocycles. The summed E-state index contributed by atoms with van der Waals surface area (Å²) >= 11 is 1.22. The zero-order valence-corrected chi connectivity index (χ0v) is 11.1. The minimum atomic E-state index is -0.354. The van der Waals surface area contributed by atoms with E-state index >= 15 is 0 Å². The molecule has 18 heavy (non-hydrogen) atoms. The Balaban J connectivity index is 1.72. The van der Waals surface area contributed by atoms with E-state index in [-0.39, 0.29) is 16.0 Å². The van der Waals surface area contributed by atoms with Gasteiger partial charge in [-0.2, -0.15) is 0 Å². The van der Waals surface area contributed by atoms with Crippen LogP contribution in [0.15, 0.2) is 12.1 Å². The van der Waals surface area contributed by atoms with E-state index in [4.69, 9.17) is 4.74 Å². The van der Waals surface area contributed by atoms with Gasteiger partial charge in [0.05, 0.1) is 17.6 Å². The molecule has 7 heteroatoms. The van der Waals surface area contributed by atoms with Gasteiger partial charge in [-0.3, -0.25) is 10.1 Å². The van der Waals surface area contributed by atoms with Crippen molar-refractivity contribution in [3.63, 3.8) is 0 Å². The lowest BCUT2D eigenvalue weighted by Gasteiger charge is -2.30. The number of likely N-dealkylation sites (N-methyl/N-ethyl adjacent to an activating group) is 1. The van der Waals surface area contributed by atoms with Crippen molar-refractivity contribution in [1.82, 2.24) is 10.2 Å². The van der Waals surface area contributed by atoms with Gasteiger partial charge >= 0.3 is 5.00 Å². The van der Waals surface area contributed by atoms with E-state index < -0.39 is 0 Å². The molecule has 1 fully saturated rings. The van der Waals surface area contributed by atoms with Gasteiger partial charge in [-0.05, 0) is 13.1 Å². The van der Waals surface area contributed by atoms with E-state index in [1.807, 2.05) is 0 Å². The minimum Gasteiger partial charge on any atom is -0.374 e. The van der Waals surface area contributed by atoms with E-state index in [9.17, 15) is 10.1 Å². The van der Waals surface area contributed by atoms with Crippen molar-refractivity contribution in [3.8, 4) is 0 Å². The second kappa shape index (κ2) is 6.24. The molecule has 0 amide bonds. The summed E-state index contributed by atoms with van der Waals surface area (Å²) in [5, 5.41) is 14.0. The van der Waals surface area contributed by atoms with Crippen LogP contribution in [-0.4, -0.2) is 49.2 Å². The molecule has 0 aromatic carbocycles. The van der Waals surface area contributed by atoms with Crippen LogP contribution in [0, 0.1) is 10.1 Å². The summed E-state index contributed by atoms with van der Waals surface area (Å²) in [5.74, 6) is 0. The van der Waals surface area contributed by atoms with Crippen molar-refractivity contribution >= 4 is 16.3 Å². The average molecular weight is 271 g/mol. The molecule has 0 saturated carbocycles. The third-order valence-corrected chi connectivity index (χ3v) is 3.88. The first-order valence-electron chi connectivity index (χ1n) is 5.89. The van der Waals surface area contributed by atoms with E-state index in [2.05, 4.69) is 17.3 Å². The van der Waals surface area contributed by atoms with Gasteiger partial charge < -0.3 is 15.0 Å². The zero-order valence-electron chi connectivity index (χ0n) is 10.3. The predicted molar refractivity (Wildman–Crippen MR) is 69.9 cm³/mol. The van der Waals surface area contributed by atoms with Crippen molar-refractivity contribution in [2.45, 2.75) is 12.6 Å². The van der Waals surface area contributed by atoms with Crippen LogP contribution < -0.4 is 5.32 Å². The van der Waals surface area contributed by atoms with Gasteiger partial charge in [0, 0.05) is 37.1 Å². The number of nitrogens with zero attached hydrogens (tertiary/aromatic N) is 2. The van der Waals surface area contributed by atoms with Gasteiger partial charge in [-0.25, -0.2) is 0 Å². The van der Waals surface area contributed by atoms with Crippen LogP contribution in [0.1, 0.15) is 4.88 Å². The normalized spacial score (nSPS) is 21.1. The van der Waals surface area contributed by atoms with E-state index in [1.165, 1.54) is 11.3 Å². The number of nitrogens with one attached hydrogen (secondary N) is 1. The van der Waals surface area contributed by atoms with Crippen molar-refractivity contribution in [2.24, 2.45) is 0 Å². The van der Waals surface area contributed by atoms with Crippen molar-refractivity contribution in [2.75, 3.05) is 33.3 Å². The summed E-state index contributed by atoms with van der Waals surface area (Å²) in [6.07, 6.45) is 0.207. The summed E-state index contributed by atoms with van der Waals surface area (Å²) in [6, 6.07) is 3.34. The molecule has 1 aliphatic rings. The lowest BCUT2D eigenvalue weighted by Crippen LogP contribution is -2.44. The summed E-state index contributed by atoms with van der Waals surface area (Å²) in [6.45, 7) is 4.11. The van der Waals surface area contributed by atoms with Crippen LogP contribution in [0.3, 0.4) is 0 Å². The third kappa shape index (κ3) is 3.74. The van der Waals surface area contributed by atoms with Gasteiger partial charge in [0.15, 0.2) is 0 Å². The van der Waals surface area contributed by atoms with Crippen LogP contribution in [-0.2, 0) is 11.3 Å². The summed E-state index contributed by atoms with van der Waals surface area (Å²) < 4.78 is 5.62. The van der Waals surface area contributed by atoms with E-state index in [0.29, 0.717) is 6.54 Å². The van der Waals surface area contributed by atoms with Gasteiger partial charge in [0.25, 0.3) is 0 Å². The fourth-order valence-electron chi connectivity index (χ4n) is 1.91. The fourth-order valence-corrected chi connectivity index (χ4v) is 2.70.